The molecule has 1 aliphatic rings. The van der Waals surface area contributed by atoms with Crippen LogP contribution in [0.5, 0.6) is 11.5 Å². The molecule has 9 aromatic carbocycles. The van der Waals surface area contributed by atoms with Crippen LogP contribution in [0.3, 0.4) is 0 Å². The molecule has 222 valence electrons. The summed E-state index contributed by atoms with van der Waals surface area (Å²) in [6.07, 6.45) is 0. The van der Waals surface area contributed by atoms with Gasteiger partial charge in [0.1, 0.15) is 11.5 Å². The Morgan fingerprint density at radius 3 is 1.81 bits per heavy atom. The zero-order valence-corrected chi connectivity index (χ0v) is 25.9. The van der Waals surface area contributed by atoms with E-state index in [0.29, 0.717) is 0 Å². The molecule has 0 aliphatic carbocycles. The molecule has 0 saturated carbocycles. The zero-order chi connectivity index (χ0) is 31.3. The topological polar surface area (TPSA) is 14.2 Å². The van der Waals surface area contributed by atoms with Gasteiger partial charge in [-0.25, -0.2) is 0 Å². The fourth-order valence-corrected chi connectivity index (χ4v) is 8.22. The number of nitrogens with zero attached hydrogens (tertiary/aromatic N) is 1. The van der Waals surface area contributed by atoms with Crippen molar-refractivity contribution in [1.29, 1.82) is 0 Å². The van der Waals surface area contributed by atoms with Crippen molar-refractivity contribution in [2.75, 3.05) is 0 Å². The third kappa shape index (κ3) is 3.52. The molecule has 2 heteroatoms. The predicted octanol–water partition coefficient (Wildman–Crippen LogP) is 12.8. The van der Waals surface area contributed by atoms with Gasteiger partial charge >= 0.3 is 0 Å². The molecule has 48 heavy (non-hydrogen) atoms. The monoisotopic (exact) mass is 609 g/mol. The molecule has 0 saturated heterocycles. The minimum atomic E-state index is 0.907. The SMILES string of the molecule is c1ccc2c(c1)Oc1cccc3cc(-c4ccc5c(c4)c4ccccc4n5-c4ccc5c6ccccc6c6ccccc6c5c4)cc-2c13. The maximum absolute atomic E-state index is 6.31. The number of benzene rings is 9. The highest BCUT2D eigenvalue weighted by atomic mass is 16.5. The molecule has 1 aromatic heterocycles. The van der Waals surface area contributed by atoms with Crippen LogP contribution in [0.15, 0.2) is 164 Å². The molecule has 0 atom stereocenters. The summed E-state index contributed by atoms with van der Waals surface area (Å²) in [7, 11) is 0. The molecule has 0 N–H and O–H groups in total. The number of rotatable bonds is 2. The average molecular weight is 610 g/mol. The third-order valence-corrected chi connectivity index (χ3v) is 10.3. The van der Waals surface area contributed by atoms with Crippen molar-refractivity contribution >= 4 is 64.9 Å². The zero-order valence-electron chi connectivity index (χ0n) is 25.9. The number of fused-ring (bicyclic) bond motifs is 11. The lowest BCUT2D eigenvalue weighted by Gasteiger charge is -2.22. The lowest BCUT2D eigenvalue weighted by Crippen LogP contribution is -1.97. The van der Waals surface area contributed by atoms with Crippen molar-refractivity contribution < 1.29 is 4.74 Å². The maximum Gasteiger partial charge on any atom is 0.135 e. The second-order valence-corrected chi connectivity index (χ2v) is 12.9. The Kier molecular flexibility index (Phi) is 5.14. The van der Waals surface area contributed by atoms with Gasteiger partial charge in [-0.05, 0) is 109 Å². The van der Waals surface area contributed by atoms with Gasteiger partial charge in [0, 0.05) is 27.4 Å². The highest BCUT2D eigenvalue weighted by Gasteiger charge is 2.21. The summed E-state index contributed by atoms with van der Waals surface area (Å²) >= 11 is 0. The molecule has 2 heterocycles. The van der Waals surface area contributed by atoms with Crippen molar-refractivity contribution in [2.45, 2.75) is 0 Å². The number of hydrogen-bond donors (Lipinski definition) is 0. The fraction of sp³-hybridized carbons (Fsp3) is 0. The lowest BCUT2D eigenvalue weighted by atomic mass is 9.90. The summed E-state index contributed by atoms with van der Waals surface area (Å²) < 4.78 is 8.75. The largest absolute Gasteiger partial charge is 0.456 e. The van der Waals surface area contributed by atoms with Gasteiger partial charge < -0.3 is 9.30 Å². The van der Waals surface area contributed by atoms with Crippen LogP contribution in [0.1, 0.15) is 0 Å². The molecule has 0 bridgehead atoms. The molecule has 1 aliphatic heterocycles. The summed E-state index contributed by atoms with van der Waals surface area (Å²) in [6.45, 7) is 0. The average Bonchev–Trinajstić information content (AvgIpc) is 3.48. The Balaban J connectivity index is 1.15. The molecule has 0 radical (unpaired) electrons. The van der Waals surface area contributed by atoms with E-state index in [0.717, 1.165) is 17.1 Å². The Bertz CT molecular complexity index is 2950. The van der Waals surface area contributed by atoms with E-state index in [1.54, 1.807) is 0 Å². The first-order valence-electron chi connectivity index (χ1n) is 16.5. The van der Waals surface area contributed by atoms with Gasteiger partial charge in [0.15, 0.2) is 0 Å². The fourth-order valence-electron chi connectivity index (χ4n) is 8.22. The van der Waals surface area contributed by atoms with Crippen molar-refractivity contribution in [3.8, 4) is 39.4 Å². The van der Waals surface area contributed by atoms with Crippen molar-refractivity contribution in [2.24, 2.45) is 0 Å². The number of aromatic nitrogens is 1. The van der Waals surface area contributed by atoms with Crippen LogP contribution < -0.4 is 4.74 Å². The van der Waals surface area contributed by atoms with Crippen LogP contribution in [-0.2, 0) is 0 Å². The van der Waals surface area contributed by atoms with Gasteiger partial charge in [-0.3, -0.25) is 0 Å². The standard InChI is InChI=1S/C46H27NO/c1-2-13-34-32(11-1)33-12-3-4-14-35(33)39-27-31(21-22-36(34)39)47-42-17-7-5-15-37(42)40-25-28(20-23-43(40)47)30-24-29-10-9-19-45-46(29)41(26-30)38-16-6-8-18-44(38)48-45/h1-27H. The maximum atomic E-state index is 6.31. The molecular weight excluding hydrogens is 583 g/mol. The summed E-state index contributed by atoms with van der Waals surface area (Å²) in [4.78, 5) is 0. The van der Waals surface area contributed by atoms with Crippen molar-refractivity contribution in [3.63, 3.8) is 0 Å². The summed E-state index contributed by atoms with van der Waals surface area (Å²) in [5.41, 5.74) is 8.34. The minimum absolute atomic E-state index is 0.907. The minimum Gasteiger partial charge on any atom is -0.456 e. The summed E-state index contributed by atoms with van der Waals surface area (Å²) in [5, 5.41) is 12.6. The Morgan fingerprint density at radius 2 is 1.00 bits per heavy atom. The van der Waals surface area contributed by atoms with Crippen molar-refractivity contribution in [3.05, 3.63) is 164 Å². The first-order chi connectivity index (χ1) is 23.8. The normalized spacial score (nSPS) is 12.3. The molecular formula is C46H27NO. The Morgan fingerprint density at radius 1 is 0.354 bits per heavy atom. The first-order valence-corrected chi connectivity index (χ1v) is 16.5. The Hall–Kier alpha value is -6.38. The van der Waals surface area contributed by atoms with Crippen LogP contribution in [0.4, 0.5) is 0 Å². The van der Waals surface area contributed by atoms with E-state index in [2.05, 4.69) is 162 Å². The van der Waals surface area contributed by atoms with Crippen LogP contribution >= 0.6 is 0 Å². The summed E-state index contributed by atoms with van der Waals surface area (Å²) in [6, 6.07) is 59.7. The molecule has 0 amide bonds. The highest BCUT2D eigenvalue weighted by Crippen LogP contribution is 2.48. The van der Waals surface area contributed by atoms with Gasteiger partial charge in [0.25, 0.3) is 0 Å². The summed E-state index contributed by atoms with van der Waals surface area (Å²) in [5.74, 6) is 1.83. The van der Waals surface area contributed by atoms with Gasteiger partial charge in [0.05, 0.1) is 11.0 Å². The van der Waals surface area contributed by atoms with E-state index >= 15 is 0 Å². The quantitative estimate of drug-likeness (QED) is 0.178. The van der Waals surface area contributed by atoms with E-state index in [1.165, 1.54) is 87.3 Å². The van der Waals surface area contributed by atoms with Gasteiger partial charge in [-0.1, -0.05) is 109 Å². The number of para-hydroxylation sites is 2. The van der Waals surface area contributed by atoms with Crippen LogP contribution in [-0.4, -0.2) is 4.57 Å². The van der Waals surface area contributed by atoms with Gasteiger partial charge in [0.2, 0.25) is 0 Å². The second-order valence-electron chi connectivity index (χ2n) is 12.9. The molecule has 0 unspecified atom stereocenters. The van der Waals surface area contributed by atoms with E-state index in [-0.39, 0.29) is 0 Å². The van der Waals surface area contributed by atoms with Crippen molar-refractivity contribution in [1.82, 2.24) is 4.57 Å². The van der Waals surface area contributed by atoms with Gasteiger partial charge in [-0.15, -0.1) is 0 Å². The van der Waals surface area contributed by atoms with E-state index in [9.17, 15) is 0 Å². The molecule has 11 rings (SSSR count). The van der Waals surface area contributed by atoms with Crippen LogP contribution in [0, 0.1) is 0 Å². The smallest absolute Gasteiger partial charge is 0.135 e. The number of ether oxygens (including phenoxy) is 1. The van der Waals surface area contributed by atoms with Crippen LogP contribution in [0.2, 0.25) is 0 Å². The second kappa shape index (κ2) is 9.57. The first kappa shape index (κ1) is 25.8. The lowest BCUT2D eigenvalue weighted by molar-refractivity contribution is 0.487. The molecule has 10 aromatic rings. The van der Waals surface area contributed by atoms with Crippen LogP contribution in [0.25, 0.3) is 92.8 Å². The van der Waals surface area contributed by atoms with E-state index in [4.69, 9.17) is 4.74 Å². The predicted molar refractivity (Wildman–Crippen MR) is 202 cm³/mol. The Labute approximate surface area is 276 Å². The molecule has 0 fully saturated rings. The van der Waals surface area contributed by atoms with Gasteiger partial charge in [-0.2, -0.15) is 0 Å². The van der Waals surface area contributed by atoms with E-state index < -0.39 is 0 Å². The highest BCUT2D eigenvalue weighted by molar-refractivity contribution is 6.25. The number of hydrogen-bond acceptors (Lipinski definition) is 1. The third-order valence-electron chi connectivity index (χ3n) is 10.3. The van der Waals surface area contributed by atoms with E-state index in [1.807, 2.05) is 6.07 Å². The molecule has 2 nitrogen and oxygen atoms in total. The molecule has 0 spiro atoms.